The number of carbonyl (C=O) groups is 1. The Bertz CT molecular complexity index is 311. The van der Waals surface area contributed by atoms with Crippen LogP contribution in [0.25, 0.3) is 0 Å². The van der Waals surface area contributed by atoms with Gasteiger partial charge in [0, 0.05) is 31.9 Å². The van der Waals surface area contributed by atoms with Crippen LogP contribution in [0.4, 0.5) is 0 Å². The molecule has 5 nitrogen and oxygen atoms in total. The van der Waals surface area contributed by atoms with Crippen molar-refractivity contribution in [1.29, 1.82) is 0 Å². The molecule has 2 saturated heterocycles. The average Bonchev–Trinajstić information content (AvgIpc) is 3.09. The lowest BCUT2D eigenvalue weighted by Crippen LogP contribution is -2.42. The van der Waals surface area contributed by atoms with Gasteiger partial charge in [0.2, 0.25) is 5.91 Å². The topological polar surface area (TPSA) is 56.8 Å². The van der Waals surface area contributed by atoms with Crippen LogP contribution in [0.5, 0.6) is 0 Å². The standard InChI is InChI=1S/C14H23NO4/c16-13(15-10-12-2-1-7-17-12)11-3-5-14(6-4-11)18-8-9-19-14/h11-12H,1-10H2,(H,15,16). The van der Waals surface area contributed by atoms with E-state index in [0.29, 0.717) is 19.8 Å². The van der Waals surface area contributed by atoms with Crippen LogP contribution in [0.15, 0.2) is 0 Å². The largest absolute Gasteiger partial charge is 0.376 e. The second kappa shape index (κ2) is 5.77. The minimum atomic E-state index is -0.370. The predicted molar refractivity (Wildman–Crippen MR) is 68.6 cm³/mol. The molecule has 1 saturated carbocycles. The zero-order chi connectivity index (χ0) is 13.1. The summed E-state index contributed by atoms with van der Waals surface area (Å²) in [5, 5.41) is 3.03. The lowest BCUT2D eigenvalue weighted by Gasteiger charge is -2.34. The summed E-state index contributed by atoms with van der Waals surface area (Å²) in [4.78, 5) is 12.1. The maximum Gasteiger partial charge on any atom is 0.223 e. The van der Waals surface area contributed by atoms with Crippen LogP contribution in [0, 0.1) is 5.92 Å². The van der Waals surface area contributed by atoms with Crippen molar-refractivity contribution in [3.63, 3.8) is 0 Å². The maximum atomic E-state index is 12.1. The molecule has 3 fully saturated rings. The molecule has 2 heterocycles. The fourth-order valence-corrected chi connectivity index (χ4v) is 3.27. The van der Waals surface area contributed by atoms with Gasteiger partial charge in [0.1, 0.15) is 0 Å². The number of carbonyl (C=O) groups excluding carboxylic acids is 1. The normalized spacial score (nSPS) is 30.8. The summed E-state index contributed by atoms with van der Waals surface area (Å²) in [6.07, 6.45) is 5.79. The number of rotatable bonds is 3. The van der Waals surface area contributed by atoms with Gasteiger partial charge in [-0.15, -0.1) is 0 Å². The zero-order valence-corrected chi connectivity index (χ0v) is 11.4. The van der Waals surface area contributed by atoms with Crippen LogP contribution in [-0.2, 0) is 19.0 Å². The SMILES string of the molecule is O=C(NCC1CCCO1)C1CCC2(CC1)OCCO2. The van der Waals surface area contributed by atoms with Crippen LogP contribution in [0.2, 0.25) is 0 Å². The lowest BCUT2D eigenvalue weighted by molar-refractivity contribution is -0.183. The molecule has 0 aromatic rings. The monoisotopic (exact) mass is 269 g/mol. The van der Waals surface area contributed by atoms with Gasteiger partial charge < -0.3 is 19.5 Å². The van der Waals surface area contributed by atoms with Crippen molar-refractivity contribution < 1.29 is 19.0 Å². The second-order valence-corrected chi connectivity index (χ2v) is 5.76. The van der Waals surface area contributed by atoms with Crippen LogP contribution < -0.4 is 5.32 Å². The molecule has 5 heteroatoms. The molecule has 3 aliphatic rings. The molecule has 1 unspecified atom stereocenters. The van der Waals surface area contributed by atoms with Gasteiger partial charge in [0.05, 0.1) is 19.3 Å². The van der Waals surface area contributed by atoms with Gasteiger partial charge in [0.25, 0.3) is 0 Å². The first-order chi connectivity index (χ1) is 9.27. The Morgan fingerprint density at radius 3 is 2.47 bits per heavy atom. The van der Waals surface area contributed by atoms with Gasteiger partial charge in [-0.3, -0.25) is 4.79 Å². The maximum absolute atomic E-state index is 12.1. The second-order valence-electron chi connectivity index (χ2n) is 5.76. The van der Waals surface area contributed by atoms with Crippen molar-refractivity contribution in [1.82, 2.24) is 5.32 Å². The van der Waals surface area contributed by atoms with Gasteiger partial charge in [-0.2, -0.15) is 0 Å². The number of amides is 1. The smallest absolute Gasteiger partial charge is 0.223 e. The van der Waals surface area contributed by atoms with E-state index in [1.807, 2.05) is 0 Å². The van der Waals surface area contributed by atoms with Crippen molar-refractivity contribution in [2.45, 2.75) is 50.4 Å². The van der Waals surface area contributed by atoms with Crippen LogP contribution >= 0.6 is 0 Å². The van der Waals surface area contributed by atoms with E-state index in [2.05, 4.69) is 5.32 Å². The molecule has 19 heavy (non-hydrogen) atoms. The number of hydrogen-bond donors (Lipinski definition) is 1. The fraction of sp³-hybridized carbons (Fsp3) is 0.929. The lowest BCUT2D eigenvalue weighted by atomic mass is 9.84. The molecule has 0 radical (unpaired) electrons. The summed E-state index contributed by atoms with van der Waals surface area (Å²) in [6, 6.07) is 0. The van der Waals surface area contributed by atoms with E-state index >= 15 is 0 Å². The highest BCUT2D eigenvalue weighted by molar-refractivity contribution is 5.78. The highest BCUT2D eigenvalue weighted by Gasteiger charge is 2.41. The van der Waals surface area contributed by atoms with E-state index in [-0.39, 0.29) is 23.7 Å². The van der Waals surface area contributed by atoms with E-state index in [4.69, 9.17) is 14.2 Å². The Balaban J connectivity index is 1.41. The van der Waals surface area contributed by atoms with Crippen molar-refractivity contribution in [3.05, 3.63) is 0 Å². The third-order valence-electron chi connectivity index (χ3n) is 4.46. The molecule has 1 atom stereocenters. The third kappa shape index (κ3) is 3.09. The molecule has 0 bridgehead atoms. The first kappa shape index (κ1) is 13.3. The molecule has 108 valence electrons. The van der Waals surface area contributed by atoms with Gasteiger partial charge in [0.15, 0.2) is 5.79 Å². The molecule has 0 aromatic heterocycles. The molecule has 1 aliphatic carbocycles. The molecule has 1 N–H and O–H groups in total. The quantitative estimate of drug-likeness (QED) is 0.837. The van der Waals surface area contributed by atoms with Gasteiger partial charge >= 0.3 is 0 Å². The van der Waals surface area contributed by atoms with Gasteiger partial charge in [-0.05, 0) is 25.7 Å². The summed E-state index contributed by atoms with van der Waals surface area (Å²) in [7, 11) is 0. The van der Waals surface area contributed by atoms with Crippen molar-refractivity contribution in [2.75, 3.05) is 26.4 Å². The number of ether oxygens (including phenoxy) is 3. The van der Waals surface area contributed by atoms with Gasteiger partial charge in [-0.1, -0.05) is 0 Å². The number of nitrogens with one attached hydrogen (secondary N) is 1. The van der Waals surface area contributed by atoms with Crippen LogP contribution in [0.3, 0.4) is 0 Å². The van der Waals surface area contributed by atoms with Crippen LogP contribution in [0.1, 0.15) is 38.5 Å². The molecule has 1 spiro atoms. The van der Waals surface area contributed by atoms with Crippen LogP contribution in [-0.4, -0.2) is 44.2 Å². The summed E-state index contributed by atoms with van der Waals surface area (Å²) in [5.41, 5.74) is 0. The Kier molecular flexibility index (Phi) is 4.05. The molecule has 0 aromatic carbocycles. The first-order valence-corrected chi connectivity index (χ1v) is 7.45. The molecular weight excluding hydrogens is 246 g/mol. The third-order valence-corrected chi connectivity index (χ3v) is 4.46. The summed E-state index contributed by atoms with van der Waals surface area (Å²) in [6.45, 7) is 2.88. The van der Waals surface area contributed by atoms with E-state index in [9.17, 15) is 4.79 Å². The molecule has 2 aliphatic heterocycles. The minimum Gasteiger partial charge on any atom is -0.376 e. The summed E-state index contributed by atoms with van der Waals surface area (Å²) < 4.78 is 16.9. The van der Waals surface area contributed by atoms with E-state index in [1.54, 1.807) is 0 Å². The average molecular weight is 269 g/mol. The van der Waals surface area contributed by atoms with E-state index in [0.717, 1.165) is 45.1 Å². The Hall–Kier alpha value is -0.650. The predicted octanol–water partition coefficient (Wildman–Crippen LogP) is 1.21. The van der Waals surface area contributed by atoms with Crippen molar-refractivity contribution in [3.8, 4) is 0 Å². The fourth-order valence-electron chi connectivity index (χ4n) is 3.27. The van der Waals surface area contributed by atoms with E-state index in [1.165, 1.54) is 0 Å². The number of hydrogen-bond acceptors (Lipinski definition) is 4. The van der Waals surface area contributed by atoms with Crippen molar-refractivity contribution in [2.24, 2.45) is 5.92 Å². The van der Waals surface area contributed by atoms with E-state index < -0.39 is 0 Å². The highest BCUT2D eigenvalue weighted by atomic mass is 16.7. The molecule has 1 amide bonds. The molecular formula is C14H23NO4. The Morgan fingerprint density at radius 1 is 1.11 bits per heavy atom. The summed E-state index contributed by atoms with van der Waals surface area (Å²) >= 11 is 0. The molecule has 3 rings (SSSR count). The first-order valence-electron chi connectivity index (χ1n) is 7.45. The Labute approximate surface area is 114 Å². The zero-order valence-electron chi connectivity index (χ0n) is 11.4. The van der Waals surface area contributed by atoms with Crippen molar-refractivity contribution >= 4 is 5.91 Å². The summed E-state index contributed by atoms with van der Waals surface area (Å²) in [5.74, 6) is -0.0890. The Morgan fingerprint density at radius 2 is 1.84 bits per heavy atom. The minimum absolute atomic E-state index is 0.111. The van der Waals surface area contributed by atoms with Gasteiger partial charge in [-0.25, -0.2) is 0 Å². The highest BCUT2D eigenvalue weighted by Crippen LogP contribution is 2.38.